The van der Waals surface area contributed by atoms with Crippen molar-refractivity contribution >= 4 is 45.3 Å². The lowest BCUT2D eigenvalue weighted by atomic mass is 10.1. The fourth-order valence-electron chi connectivity index (χ4n) is 5.01. The van der Waals surface area contributed by atoms with Crippen LogP contribution in [0, 0.1) is 6.92 Å². The van der Waals surface area contributed by atoms with Gasteiger partial charge in [-0.15, -0.1) is 11.3 Å². The van der Waals surface area contributed by atoms with Gasteiger partial charge in [0.05, 0.1) is 19.9 Å². The van der Waals surface area contributed by atoms with E-state index in [0.29, 0.717) is 32.3 Å². The lowest BCUT2D eigenvalue weighted by Crippen LogP contribution is -2.40. The average molecular weight is 880 g/mol. The van der Waals surface area contributed by atoms with Gasteiger partial charge in [-0.05, 0) is 67.6 Å². The fourth-order valence-corrected chi connectivity index (χ4v) is 7.18. The number of alkyl halides is 3. The number of nitrogens with zero attached hydrogens (tertiary/aromatic N) is 5. The Morgan fingerprint density at radius 3 is 2.28 bits per heavy atom. The van der Waals surface area contributed by atoms with Crippen LogP contribution in [-0.2, 0) is 45.8 Å². The Bertz CT molecular complexity index is 2610. The van der Waals surface area contributed by atoms with Crippen LogP contribution < -0.4 is 35.5 Å². The van der Waals surface area contributed by atoms with Crippen LogP contribution in [0.3, 0.4) is 0 Å². The van der Waals surface area contributed by atoms with Gasteiger partial charge in [0.1, 0.15) is 39.4 Å². The minimum atomic E-state index is -4.84. The van der Waals surface area contributed by atoms with E-state index in [0.717, 1.165) is 36.4 Å². The number of aryl methyl sites for hydroxylation is 2. The van der Waals surface area contributed by atoms with Gasteiger partial charge in [0.15, 0.2) is 6.10 Å². The number of carbonyl (C=O) groups excluding carboxylic acids is 2. The van der Waals surface area contributed by atoms with Gasteiger partial charge in [0.2, 0.25) is 5.95 Å². The molecule has 3 heterocycles. The van der Waals surface area contributed by atoms with E-state index in [2.05, 4.69) is 20.3 Å². The molecule has 1 atom stereocenters. The summed E-state index contributed by atoms with van der Waals surface area (Å²) in [7, 11) is -0.842. The van der Waals surface area contributed by atoms with Crippen molar-refractivity contribution in [2.45, 2.75) is 51.0 Å². The quantitative estimate of drug-likeness (QED) is 0.141. The lowest BCUT2D eigenvalue weighted by molar-refractivity contribution is -0.148. The van der Waals surface area contributed by atoms with Gasteiger partial charge in [-0.1, -0.05) is 19.1 Å². The largest absolute Gasteiger partial charge is 0.489 e. The number of nitrogens with one attached hydrogen (secondary N) is 2. The van der Waals surface area contributed by atoms with Crippen molar-refractivity contribution in [1.82, 2.24) is 28.8 Å². The van der Waals surface area contributed by atoms with Crippen molar-refractivity contribution in [3.8, 4) is 23.2 Å². The SMILES string of the molecule is CCc1ccc(COc2ccc(-n3c(=O)cc(C(F)(F)F)n(C)c3=O)cc2)c(OC(C)C(=O)OC)c1.COc1nc(C)nc(NC(=O)NS(=O)(=O)c2ccsc2C(=O)O)n1. The van der Waals surface area contributed by atoms with Crippen molar-refractivity contribution < 1.29 is 60.0 Å². The Kier molecular flexibility index (Phi) is 14.7. The van der Waals surface area contributed by atoms with Crippen LogP contribution in [0.4, 0.5) is 23.9 Å². The number of carbonyl (C=O) groups is 3. The Labute approximate surface area is 342 Å². The second-order valence-corrected chi connectivity index (χ2v) is 14.6. The van der Waals surface area contributed by atoms with Crippen LogP contribution in [0.5, 0.6) is 17.5 Å². The number of carboxylic acids is 1. The first-order chi connectivity index (χ1) is 28.2. The smallest absolute Gasteiger partial charge is 0.431 e. The van der Waals surface area contributed by atoms with E-state index in [-0.39, 0.29) is 30.1 Å². The van der Waals surface area contributed by atoms with Crippen molar-refractivity contribution in [3.05, 3.63) is 108 Å². The number of urea groups is 1. The molecule has 0 fully saturated rings. The van der Waals surface area contributed by atoms with Crippen molar-refractivity contribution in [1.29, 1.82) is 0 Å². The summed E-state index contributed by atoms with van der Waals surface area (Å²) in [5.41, 5.74) is -1.80. The predicted octanol–water partition coefficient (Wildman–Crippen LogP) is 4.10. The zero-order valence-electron chi connectivity index (χ0n) is 32.4. The zero-order valence-corrected chi connectivity index (χ0v) is 34.0. The molecule has 24 heteroatoms. The summed E-state index contributed by atoms with van der Waals surface area (Å²) >= 11 is 0.723. The molecule has 0 aliphatic heterocycles. The molecule has 0 saturated carbocycles. The van der Waals surface area contributed by atoms with E-state index in [4.69, 9.17) is 24.1 Å². The number of hydrogen-bond donors (Lipinski definition) is 3. The number of rotatable bonds is 13. The van der Waals surface area contributed by atoms with Crippen LogP contribution in [0.15, 0.2) is 74.5 Å². The van der Waals surface area contributed by atoms with Gasteiger partial charge in [-0.3, -0.25) is 14.7 Å². The first-order valence-corrected chi connectivity index (χ1v) is 19.5. The number of esters is 1. The molecule has 5 aromatic rings. The number of aromatic nitrogens is 5. The molecule has 2 aromatic carbocycles. The number of methoxy groups -OCH3 is 2. The number of ether oxygens (including phenoxy) is 4. The summed E-state index contributed by atoms with van der Waals surface area (Å²) in [6.45, 7) is 5.15. The molecular weight excluding hydrogens is 844 g/mol. The van der Waals surface area contributed by atoms with Crippen LogP contribution in [-0.4, -0.2) is 75.9 Å². The molecular formula is C36H36F3N7O12S2. The van der Waals surface area contributed by atoms with Gasteiger partial charge in [-0.2, -0.15) is 28.1 Å². The van der Waals surface area contributed by atoms with Crippen molar-refractivity contribution in [2.24, 2.45) is 7.05 Å². The fraction of sp³-hybridized carbons (Fsp3) is 0.278. The highest BCUT2D eigenvalue weighted by molar-refractivity contribution is 7.90. The van der Waals surface area contributed by atoms with E-state index >= 15 is 0 Å². The number of hydrogen-bond acceptors (Lipinski definition) is 15. The number of halogens is 3. The molecule has 2 amide bonds. The molecule has 5 rings (SSSR count). The minimum Gasteiger partial charge on any atom is -0.489 e. The van der Waals surface area contributed by atoms with Gasteiger partial charge >= 0.3 is 35.8 Å². The first-order valence-electron chi connectivity index (χ1n) is 17.1. The molecule has 0 saturated heterocycles. The van der Waals surface area contributed by atoms with E-state index in [1.165, 1.54) is 50.8 Å². The zero-order chi connectivity index (χ0) is 44.5. The topological polar surface area (TPSA) is 249 Å². The lowest BCUT2D eigenvalue weighted by Gasteiger charge is -2.17. The van der Waals surface area contributed by atoms with E-state index in [1.807, 2.05) is 25.1 Å². The number of carboxylic acid groups (broad SMARTS) is 1. The standard InChI is InChI=1S/C25H25F3N2O6.C11H11N5O6S2/c1-5-16-6-7-17(20(12-16)36-15(2)23(32)34-4)14-35-19-10-8-18(9-11-19)30-22(31)13-21(25(26,27)28)29(3)24(30)33;1-5-12-9(15-11(13-5)22-2)14-10(19)16-24(20,21)6-3-4-23-7(6)8(17)18/h6-13,15H,5,14H2,1-4H3;3-4H,1-2H3,(H,17,18)(H2,12,13,14,15,16,19). The molecule has 3 aromatic heterocycles. The van der Waals surface area contributed by atoms with Crippen LogP contribution in [0.2, 0.25) is 0 Å². The van der Waals surface area contributed by atoms with E-state index < -0.39 is 67.0 Å². The molecule has 0 aliphatic rings. The third kappa shape index (κ3) is 11.4. The Morgan fingerprint density at radius 2 is 1.68 bits per heavy atom. The van der Waals surface area contributed by atoms with E-state index in [1.54, 1.807) is 11.6 Å². The third-order valence-electron chi connectivity index (χ3n) is 7.95. The maximum atomic E-state index is 13.1. The van der Waals surface area contributed by atoms with Crippen molar-refractivity contribution in [3.63, 3.8) is 0 Å². The van der Waals surface area contributed by atoms with Gasteiger partial charge in [-0.25, -0.2) is 36.9 Å². The van der Waals surface area contributed by atoms with Crippen LogP contribution >= 0.6 is 11.3 Å². The highest BCUT2D eigenvalue weighted by atomic mass is 32.2. The number of aromatic carboxylic acids is 1. The van der Waals surface area contributed by atoms with Gasteiger partial charge in [0.25, 0.3) is 15.6 Å². The summed E-state index contributed by atoms with van der Waals surface area (Å²) < 4.78 is 87.2. The first kappa shape index (κ1) is 45.9. The number of thiophene rings is 1. The summed E-state index contributed by atoms with van der Waals surface area (Å²) in [6.07, 6.45) is -4.91. The maximum absolute atomic E-state index is 13.1. The Hall–Kier alpha value is -6.82. The maximum Gasteiger partial charge on any atom is 0.431 e. The molecule has 0 radical (unpaired) electrons. The predicted molar refractivity (Wildman–Crippen MR) is 206 cm³/mol. The third-order valence-corrected chi connectivity index (χ3v) is 10.4. The number of sulfonamides is 1. The molecule has 0 bridgehead atoms. The van der Waals surface area contributed by atoms with Gasteiger partial charge in [0, 0.05) is 18.7 Å². The molecule has 0 spiro atoms. The summed E-state index contributed by atoms with van der Waals surface area (Å²) in [6, 6.07) is 11.5. The molecule has 60 heavy (non-hydrogen) atoms. The average Bonchev–Trinajstić information content (AvgIpc) is 3.70. The number of benzene rings is 2. The number of anilines is 1. The monoisotopic (exact) mass is 879 g/mol. The molecule has 19 nitrogen and oxygen atoms in total. The molecule has 0 aliphatic carbocycles. The second kappa shape index (κ2) is 19.3. The number of amides is 2. The Morgan fingerprint density at radius 1 is 1.00 bits per heavy atom. The van der Waals surface area contributed by atoms with Gasteiger partial charge < -0.3 is 24.1 Å². The summed E-state index contributed by atoms with van der Waals surface area (Å²) in [4.78, 5) is 69.7. The highest BCUT2D eigenvalue weighted by Gasteiger charge is 2.35. The van der Waals surface area contributed by atoms with Crippen LogP contribution in [0.25, 0.3) is 5.69 Å². The molecule has 320 valence electrons. The Balaban J connectivity index is 0.000000287. The molecule has 3 N–H and O–H groups in total. The molecule has 1 unspecified atom stereocenters. The summed E-state index contributed by atoms with van der Waals surface area (Å²) in [5, 5.41) is 12.3. The summed E-state index contributed by atoms with van der Waals surface area (Å²) in [5.74, 6) is -1.08. The highest BCUT2D eigenvalue weighted by Crippen LogP contribution is 2.28. The van der Waals surface area contributed by atoms with Crippen molar-refractivity contribution in [2.75, 3.05) is 19.5 Å². The minimum absolute atomic E-state index is 0.0633. The second-order valence-electron chi connectivity index (χ2n) is 12.1. The van der Waals surface area contributed by atoms with E-state index in [9.17, 15) is 45.6 Å². The van der Waals surface area contributed by atoms with Crippen LogP contribution in [0.1, 0.15) is 46.2 Å². The normalized spacial score (nSPS) is 11.7.